The summed E-state index contributed by atoms with van der Waals surface area (Å²) in [5.41, 5.74) is 0. The lowest BCUT2D eigenvalue weighted by Gasteiger charge is -2.21. The van der Waals surface area contributed by atoms with Gasteiger partial charge in [0.05, 0.1) is 0 Å². The van der Waals surface area contributed by atoms with Crippen molar-refractivity contribution in [2.24, 2.45) is 0 Å². The van der Waals surface area contributed by atoms with Crippen molar-refractivity contribution in [3.63, 3.8) is 0 Å². The Morgan fingerprint density at radius 2 is 1.67 bits per heavy atom. The molecule has 0 aliphatic rings. The first-order chi connectivity index (χ1) is 5.13. The van der Waals surface area contributed by atoms with E-state index in [1.807, 2.05) is 13.1 Å². The van der Waals surface area contributed by atoms with Gasteiger partial charge < -0.3 is 0 Å². The fourth-order valence-corrected chi connectivity index (χ4v) is 2.23. The molecule has 0 amide bonds. The van der Waals surface area contributed by atoms with Crippen LogP contribution in [-0.2, 0) is 0 Å². The van der Waals surface area contributed by atoms with E-state index in [0.717, 1.165) is 0 Å². The lowest BCUT2D eigenvalue weighted by molar-refractivity contribution is 0.793. The van der Waals surface area contributed by atoms with Gasteiger partial charge in [-0.1, -0.05) is 47.9 Å². The fourth-order valence-electron chi connectivity index (χ4n) is 0.634. The summed E-state index contributed by atoms with van der Waals surface area (Å²) in [5, 5.41) is -0.0465. The molecular weight excluding hydrogens is 277 g/mol. The van der Waals surface area contributed by atoms with Crippen molar-refractivity contribution in [1.29, 1.82) is 0 Å². The van der Waals surface area contributed by atoms with Crippen molar-refractivity contribution < 1.29 is 0 Å². The maximum Gasteiger partial charge on any atom is 0.190 e. The normalized spacial score (nSPS) is 16.2. The summed E-state index contributed by atoms with van der Waals surface area (Å²) in [5.74, 6) is 0. The van der Waals surface area contributed by atoms with E-state index in [2.05, 4.69) is 0 Å². The summed E-state index contributed by atoms with van der Waals surface area (Å²) in [7, 11) is -1.80. The Hall–Kier alpha value is 1.67. The average molecular weight is 289 g/mol. The molecule has 0 nitrogen and oxygen atoms in total. The van der Waals surface area contributed by atoms with Gasteiger partial charge in [-0.2, -0.15) is 11.1 Å². The fraction of sp³-hybridized carbons (Fsp3) is 1.00. The van der Waals surface area contributed by atoms with E-state index in [4.69, 9.17) is 57.5 Å². The molecule has 0 heterocycles. The monoisotopic (exact) mass is 286 g/mol. The third kappa shape index (κ3) is 7.11. The van der Waals surface area contributed by atoms with Crippen molar-refractivity contribution in [1.82, 2.24) is 0 Å². The topological polar surface area (TPSA) is 0 Å². The zero-order valence-corrected chi connectivity index (χ0v) is 11.7. The van der Waals surface area contributed by atoms with Gasteiger partial charge in [0.2, 0.25) is 0 Å². The number of halogens is 5. The van der Waals surface area contributed by atoms with Crippen LogP contribution in [0.3, 0.4) is 0 Å². The van der Waals surface area contributed by atoms with Gasteiger partial charge in [0.1, 0.15) is 0 Å². The predicted molar refractivity (Wildman–Crippen MR) is 62.5 cm³/mol. The highest BCUT2D eigenvalue weighted by molar-refractivity contribution is 7.22. The molecule has 1 atom stereocenters. The standard InChI is InChI=1S/C6H11Cl5Si/c1-12(2,11)5(7)3-4-6(8,9)10/h5H,3-4H2,1-2H3. The Balaban J connectivity index is 3.80. The molecule has 6 heteroatoms. The second kappa shape index (κ2) is 4.95. The van der Waals surface area contributed by atoms with Crippen LogP contribution in [0, 0.1) is 0 Å². The van der Waals surface area contributed by atoms with Gasteiger partial charge in [-0.15, -0.1) is 11.6 Å². The molecule has 0 saturated heterocycles. The molecule has 0 radical (unpaired) electrons. The van der Waals surface area contributed by atoms with Crippen molar-refractivity contribution in [2.45, 2.75) is 34.7 Å². The minimum Gasteiger partial charge on any atom is -0.166 e. The third-order valence-electron chi connectivity index (χ3n) is 1.43. The first-order valence-corrected chi connectivity index (χ1v) is 9.18. The summed E-state index contributed by atoms with van der Waals surface area (Å²) in [6, 6.07) is 0. The minimum atomic E-state index is -1.80. The van der Waals surface area contributed by atoms with E-state index in [0.29, 0.717) is 12.8 Å². The maximum atomic E-state index is 6.09. The maximum absolute atomic E-state index is 6.09. The highest BCUT2D eigenvalue weighted by Crippen LogP contribution is 2.34. The van der Waals surface area contributed by atoms with Gasteiger partial charge >= 0.3 is 0 Å². The van der Waals surface area contributed by atoms with Crippen LogP contribution in [0.2, 0.25) is 13.1 Å². The summed E-state index contributed by atoms with van der Waals surface area (Å²) in [6.45, 7) is 3.95. The first-order valence-electron chi connectivity index (χ1n) is 3.52. The molecule has 0 saturated carbocycles. The molecule has 0 fully saturated rings. The van der Waals surface area contributed by atoms with E-state index in [1.165, 1.54) is 0 Å². The van der Waals surface area contributed by atoms with Crippen LogP contribution >= 0.6 is 57.5 Å². The Labute approximate surface area is 99.2 Å². The summed E-state index contributed by atoms with van der Waals surface area (Å²) in [4.78, 5) is 0. The molecule has 0 aliphatic heterocycles. The van der Waals surface area contributed by atoms with E-state index in [1.54, 1.807) is 0 Å². The molecular formula is C6H11Cl5Si. The average Bonchev–Trinajstić information content (AvgIpc) is 1.78. The van der Waals surface area contributed by atoms with Gasteiger partial charge in [-0.25, -0.2) is 0 Å². The number of alkyl halides is 4. The van der Waals surface area contributed by atoms with Crippen LogP contribution in [0.15, 0.2) is 0 Å². The molecule has 0 N–H and O–H groups in total. The summed E-state index contributed by atoms with van der Waals surface area (Å²) in [6.07, 6.45) is 1.11. The highest BCUT2D eigenvalue weighted by Gasteiger charge is 2.30. The zero-order valence-electron chi connectivity index (χ0n) is 6.88. The van der Waals surface area contributed by atoms with Crippen molar-refractivity contribution >= 4 is 64.9 Å². The summed E-state index contributed by atoms with van der Waals surface area (Å²) >= 11 is 28.8. The van der Waals surface area contributed by atoms with Gasteiger partial charge in [0, 0.05) is 5.00 Å². The molecule has 0 aromatic heterocycles. The van der Waals surface area contributed by atoms with Gasteiger partial charge in [0.15, 0.2) is 11.2 Å². The smallest absolute Gasteiger partial charge is 0.166 e. The van der Waals surface area contributed by atoms with Crippen LogP contribution < -0.4 is 0 Å². The summed E-state index contributed by atoms with van der Waals surface area (Å²) < 4.78 is -1.20. The molecule has 12 heavy (non-hydrogen) atoms. The molecule has 0 bridgehead atoms. The van der Waals surface area contributed by atoms with Crippen molar-refractivity contribution in [2.75, 3.05) is 0 Å². The molecule has 0 spiro atoms. The molecule has 74 valence electrons. The Morgan fingerprint density at radius 1 is 1.25 bits per heavy atom. The molecule has 0 aromatic carbocycles. The van der Waals surface area contributed by atoms with Crippen molar-refractivity contribution in [3.8, 4) is 0 Å². The molecule has 1 unspecified atom stereocenters. The Kier molecular flexibility index (Phi) is 5.64. The number of hydrogen-bond donors (Lipinski definition) is 0. The predicted octanol–water partition coefficient (Wildman–Crippen LogP) is 4.73. The van der Waals surface area contributed by atoms with Crippen LogP contribution in [0.4, 0.5) is 0 Å². The zero-order chi connectivity index (χ0) is 9.99. The van der Waals surface area contributed by atoms with E-state index in [-0.39, 0.29) is 5.00 Å². The molecule has 0 aromatic rings. The minimum absolute atomic E-state index is 0.0465. The van der Waals surface area contributed by atoms with Gasteiger partial charge in [0.25, 0.3) is 0 Å². The van der Waals surface area contributed by atoms with E-state index in [9.17, 15) is 0 Å². The molecule has 0 rings (SSSR count). The lowest BCUT2D eigenvalue weighted by atomic mass is 10.4. The number of rotatable bonds is 3. The first kappa shape index (κ1) is 13.7. The van der Waals surface area contributed by atoms with Crippen LogP contribution in [-0.4, -0.2) is 16.2 Å². The second-order valence-corrected chi connectivity index (χ2v) is 13.3. The van der Waals surface area contributed by atoms with Crippen molar-refractivity contribution in [3.05, 3.63) is 0 Å². The Morgan fingerprint density at radius 3 is 1.92 bits per heavy atom. The quantitative estimate of drug-likeness (QED) is 0.400. The Bertz CT molecular complexity index is 136. The van der Waals surface area contributed by atoms with Gasteiger partial charge in [-0.3, -0.25) is 0 Å². The van der Waals surface area contributed by atoms with Crippen LogP contribution in [0.5, 0.6) is 0 Å². The third-order valence-corrected chi connectivity index (χ3v) is 6.75. The molecule has 0 aliphatic carbocycles. The number of hydrogen-bond acceptors (Lipinski definition) is 0. The SMILES string of the molecule is C[Si](C)(Cl)C(Cl)CCC(Cl)(Cl)Cl. The highest BCUT2D eigenvalue weighted by atomic mass is 35.6. The largest absolute Gasteiger partial charge is 0.190 e. The van der Waals surface area contributed by atoms with Crippen LogP contribution in [0.1, 0.15) is 12.8 Å². The van der Waals surface area contributed by atoms with E-state index < -0.39 is 11.2 Å². The van der Waals surface area contributed by atoms with Crippen LogP contribution in [0.25, 0.3) is 0 Å². The lowest BCUT2D eigenvalue weighted by Crippen LogP contribution is -2.32. The van der Waals surface area contributed by atoms with E-state index >= 15 is 0 Å². The second-order valence-electron chi connectivity index (χ2n) is 3.19. The van der Waals surface area contributed by atoms with Gasteiger partial charge in [-0.05, 0) is 12.8 Å².